The molecule has 2 heterocycles. The second kappa shape index (κ2) is 7.24. The van der Waals surface area contributed by atoms with E-state index in [2.05, 4.69) is 22.2 Å². The molecule has 0 bridgehead atoms. The largest absolute Gasteiger partial charge is 0.354 e. The Hall–Kier alpha value is -1.85. The Morgan fingerprint density at radius 2 is 2.10 bits per heavy atom. The molecular formula is C15H25N5O. The van der Waals surface area contributed by atoms with E-state index in [4.69, 9.17) is 0 Å². The minimum atomic E-state index is 0.175. The first-order valence-electron chi connectivity index (χ1n) is 7.68. The summed E-state index contributed by atoms with van der Waals surface area (Å²) >= 11 is 0. The van der Waals surface area contributed by atoms with Crippen molar-refractivity contribution in [1.29, 1.82) is 0 Å². The maximum Gasteiger partial charge on any atom is 0.242 e. The van der Waals surface area contributed by atoms with Crippen molar-refractivity contribution in [2.75, 3.05) is 43.4 Å². The van der Waals surface area contributed by atoms with E-state index in [0.29, 0.717) is 12.5 Å². The highest BCUT2D eigenvalue weighted by atomic mass is 16.2. The summed E-state index contributed by atoms with van der Waals surface area (Å²) in [6, 6.07) is 1.91. The van der Waals surface area contributed by atoms with Gasteiger partial charge in [-0.1, -0.05) is 6.92 Å². The van der Waals surface area contributed by atoms with Gasteiger partial charge in [0.25, 0.3) is 0 Å². The minimum Gasteiger partial charge on any atom is -0.354 e. The summed E-state index contributed by atoms with van der Waals surface area (Å²) in [4.78, 5) is 24.9. The Morgan fingerprint density at radius 1 is 1.38 bits per heavy atom. The number of rotatable bonds is 6. The van der Waals surface area contributed by atoms with Crippen LogP contribution >= 0.6 is 0 Å². The lowest BCUT2D eigenvalue weighted by atomic mass is 10.4. The van der Waals surface area contributed by atoms with Crippen LogP contribution in [0.5, 0.6) is 0 Å². The Labute approximate surface area is 126 Å². The molecule has 1 saturated heterocycles. The lowest BCUT2D eigenvalue weighted by molar-refractivity contribution is -0.128. The van der Waals surface area contributed by atoms with E-state index in [-0.39, 0.29) is 5.91 Å². The van der Waals surface area contributed by atoms with Crippen molar-refractivity contribution in [2.45, 2.75) is 33.1 Å². The zero-order valence-electron chi connectivity index (χ0n) is 13.2. The Morgan fingerprint density at radius 3 is 2.76 bits per heavy atom. The highest BCUT2D eigenvalue weighted by Crippen LogP contribution is 2.15. The summed E-state index contributed by atoms with van der Waals surface area (Å²) < 4.78 is 0. The van der Waals surface area contributed by atoms with Gasteiger partial charge in [-0.15, -0.1) is 0 Å². The van der Waals surface area contributed by atoms with Crippen molar-refractivity contribution in [1.82, 2.24) is 14.9 Å². The average molecular weight is 291 g/mol. The summed E-state index contributed by atoms with van der Waals surface area (Å²) in [5, 5.41) is 3.19. The summed E-state index contributed by atoms with van der Waals surface area (Å²) in [5.41, 5.74) is 0.902. The summed E-state index contributed by atoms with van der Waals surface area (Å²) in [6.07, 6.45) is 3.26. The Balaban J connectivity index is 2.01. The van der Waals surface area contributed by atoms with E-state index in [1.165, 1.54) is 0 Å². The maximum atomic E-state index is 12.2. The second-order valence-electron chi connectivity index (χ2n) is 5.56. The van der Waals surface area contributed by atoms with Gasteiger partial charge in [0.2, 0.25) is 11.9 Å². The fourth-order valence-electron chi connectivity index (χ4n) is 2.41. The fourth-order valence-corrected chi connectivity index (χ4v) is 2.41. The summed E-state index contributed by atoms with van der Waals surface area (Å²) in [6.45, 7) is 7.03. The first kappa shape index (κ1) is 15.5. The number of likely N-dealkylation sites (tertiary alicyclic amines) is 1. The Kier molecular flexibility index (Phi) is 5.36. The minimum absolute atomic E-state index is 0.175. The van der Waals surface area contributed by atoms with Crippen LogP contribution in [0.4, 0.5) is 11.8 Å². The topological polar surface area (TPSA) is 61.4 Å². The molecule has 0 atom stereocenters. The lowest BCUT2D eigenvalue weighted by Gasteiger charge is -2.22. The van der Waals surface area contributed by atoms with Gasteiger partial charge in [-0.2, -0.15) is 4.98 Å². The monoisotopic (exact) mass is 291 g/mol. The third kappa shape index (κ3) is 4.31. The number of hydrogen-bond acceptors (Lipinski definition) is 5. The van der Waals surface area contributed by atoms with Crippen molar-refractivity contribution < 1.29 is 4.79 Å². The molecule has 0 aromatic carbocycles. The molecule has 0 spiro atoms. The van der Waals surface area contributed by atoms with Gasteiger partial charge in [0.1, 0.15) is 5.82 Å². The molecule has 6 nitrogen and oxygen atoms in total. The van der Waals surface area contributed by atoms with Crippen LogP contribution in [0.1, 0.15) is 31.9 Å². The zero-order chi connectivity index (χ0) is 15.2. The van der Waals surface area contributed by atoms with E-state index >= 15 is 0 Å². The van der Waals surface area contributed by atoms with Gasteiger partial charge >= 0.3 is 0 Å². The number of aromatic nitrogens is 2. The second-order valence-corrected chi connectivity index (χ2v) is 5.56. The van der Waals surface area contributed by atoms with Crippen molar-refractivity contribution in [3.8, 4) is 0 Å². The molecule has 1 aliphatic rings. The van der Waals surface area contributed by atoms with Crippen LogP contribution in [0.15, 0.2) is 6.07 Å². The number of carbonyl (C=O) groups is 1. The summed E-state index contributed by atoms with van der Waals surface area (Å²) in [5.74, 6) is 1.59. The SMILES string of the molecule is CCCNc1nc(C)cc(N(C)CC(=O)N2CCCC2)n1. The van der Waals surface area contributed by atoms with Crippen LogP contribution in [0.25, 0.3) is 0 Å². The Bertz CT molecular complexity index is 485. The number of anilines is 2. The highest BCUT2D eigenvalue weighted by molar-refractivity contribution is 5.81. The first-order chi connectivity index (χ1) is 10.1. The van der Waals surface area contributed by atoms with Crippen molar-refractivity contribution >= 4 is 17.7 Å². The number of hydrogen-bond donors (Lipinski definition) is 1. The molecule has 21 heavy (non-hydrogen) atoms. The summed E-state index contributed by atoms with van der Waals surface area (Å²) in [7, 11) is 1.90. The normalized spacial score (nSPS) is 14.3. The molecule has 0 saturated carbocycles. The first-order valence-corrected chi connectivity index (χ1v) is 7.68. The van der Waals surface area contributed by atoms with Crippen molar-refractivity contribution in [3.63, 3.8) is 0 Å². The predicted molar refractivity (Wildman–Crippen MR) is 84.6 cm³/mol. The molecule has 0 radical (unpaired) electrons. The van der Waals surface area contributed by atoms with Gasteiger partial charge < -0.3 is 15.1 Å². The van der Waals surface area contributed by atoms with E-state index in [1.54, 1.807) is 0 Å². The molecule has 1 aromatic rings. The van der Waals surface area contributed by atoms with Gasteiger partial charge in [0, 0.05) is 38.4 Å². The molecule has 1 aromatic heterocycles. The van der Waals surface area contributed by atoms with Crippen LogP contribution in [0.3, 0.4) is 0 Å². The molecule has 0 aliphatic carbocycles. The predicted octanol–water partition coefficient (Wildman–Crippen LogP) is 1.67. The molecule has 1 aliphatic heterocycles. The van der Waals surface area contributed by atoms with Crippen LogP contribution in [-0.4, -0.2) is 54.0 Å². The number of nitrogens with zero attached hydrogens (tertiary/aromatic N) is 4. The van der Waals surface area contributed by atoms with E-state index < -0.39 is 0 Å². The van der Waals surface area contributed by atoms with Crippen LogP contribution in [0, 0.1) is 6.92 Å². The van der Waals surface area contributed by atoms with Crippen molar-refractivity contribution in [3.05, 3.63) is 11.8 Å². The number of carbonyl (C=O) groups excluding carboxylic acids is 1. The standard InChI is InChI=1S/C15H25N5O/c1-4-7-16-15-17-12(2)10-13(18-15)19(3)11-14(21)20-8-5-6-9-20/h10H,4-9,11H2,1-3H3,(H,16,17,18). The van der Waals surface area contributed by atoms with Crippen LogP contribution in [-0.2, 0) is 4.79 Å². The molecule has 2 rings (SSSR count). The molecule has 1 fully saturated rings. The number of amides is 1. The van der Waals surface area contributed by atoms with Crippen molar-refractivity contribution in [2.24, 2.45) is 0 Å². The smallest absolute Gasteiger partial charge is 0.242 e. The zero-order valence-corrected chi connectivity index (χ0v) is 13.2. The van der Waals surface area contributed by atoms with Gasteiger partial charge in [-0.25, -0.2) is 4.98 Å². The number of likely N-dealkylation sites (N-methyl/N-ethyl adjacent to an activating group) is 1. The molecule has 1 amide bonds. The molecule has 1 N–H and O–H groups in total. The van der Waals surface area contributed by atoms with E-state index in [1.807, 2.05) is 29.8 Å². The molecular weight excluding hydrogens is 266 g/mol. The van der Waals surface area contributed by atoms with Crippen LogP contribution in [0.2, 0.25) is 0 Å². The highest BCUT2D eigenvalue weighted by Gasteiger charge is 2.19. The van der Waals surface area contributed by atoms with Gasteiger partial charge in [-0.05, 0) is 26.2 Å². The third-order valence-corrected chi connectivity index (χ3v) is 3.60. The van der Waals surface area contributed by atoms with E-state index in [9.17, 15) is 4.79 Å². The molecule has 116 valence electrons. The van der Waals surface area contributed by atoms with E-state index in [0.717, 1.165) is 50.4 Å². The fraction of sp³-hybridized carbons (Fsp3) is 0.667. The lowest BCUT2D eigenvalue weighted by Crippen LogP contribution is -2.37. The molecule has 6 heteroatoms. The number of aryl methyl sites for hydroxylation is 1. The quantitative estimate of drug-likeness (QED) is 0.864. The molecule has 0 unspecified atom stereocenters. The third-order valence-electron chi connectivity index (χ3n) is 3.60. The van der Waals surface area contributed by atoms with Crippen LogP contribution < -0.4 is 10.2 Å². The van der Waals surface area contributed by atoms with Gasteiger partial charge in [0.05, 0.1) is 6.54 Å². The average Bonchev–Trinajstić information content (AvgIpc) is 2.98. The number of nitrogens with one attached hydrogen (secondary N) is 1. The maximum absolute atomic E-state index is 12.2. The van der Waals surface area contributed by atoms with Gasteiger partial charge in [0.15, 0.2) is 0 Å². The van der Waals surface area contributed by atoms with Gasteiger partial charge in [-0.3, -0.25) is 4.79 Å².